The standard InChI is InChI=1S/C32H33ClN4O3/c1-40-30(38)9-5-4-8-27-31(20-10-13-22(33)14-11-20)36-26-15-12-21(18-28(26)35-27)32(39)37-17-16-24-23-6-2-3-7-25(23)34-29(24)19-37/h2-3,6-7,10-13,15,18,22,30,34,38H,4-5,8-9,14,16-17,19H2,1H3. The smallest absolute Gasteiger partial charge is 0.254 e. The van der Waals surface area contributed by atoms with E-state index in [9.17, 15) is 9.90 Å². The van der Waals surface area contributed by atoms with Crippen molar-refractivity contribution in [2.45, 2.75) is 56.7 Å². The molecule has 7 nitrogen and oxygen atoms in total. The van der Waals surface area contributed by atoms with Crippen LogP contribution in [0.5, 0.6) is 0 Å². The first-order valence-electron chi connectivity index (χ1n) is 13.9. The van der Waals surface area contributed by atoms with E-state index in [1.165, 1.54) is 18.1 Å². The van der Waals surface area contributed by atoms with Crippen molar-refractivity contribution in [3.8, 4) is 0 Å². The van der Waals surface area contributed by atoms with Crippen molar-refractivity contribution in [2.75, 3.05) is 13.7 Å². The first-order valence-corrected chi connectivity index (χ1v) is 14.4. The highest BCUT2D eigenvalue weighted by molar-refractivity contribution is 6.22. The van der Waals surface area contributed by atoms with Gasteiger partial charge in [-0.25, -0.2) is 9.97 Å². The number of amides is 1. The lowest BCUT2D eigenvalue weighted by Gasteiger charge is -2.27. The molecule has 0 fully saturated rings. The number of aromatic nitrogens is 3. The van der Waals surface area contributed by atoms with Crippen molar-refractivity contribution in [3.63, 3.8) is 0 Å². The van der Waals surface area contributed by atoms with E-state index < -0.39 is 6.29 Å². The highest BCUT2D eigenvalue weighted by atomic mass is 35.5. The Morgan fingerprint density at radius 1 is 1.20 bits per heavy atom. The number of alkyl halides is 1. The van der Waals surface area contributed by atoms with Crippen molar-refractivity contribution in [1.29, 1.82) is 0 Å². The number of carbonyl (C=O) groups excluding carboxylic acids is 1. The Labute approximate surface area is 238 Å². The maximum Gasteiger partial charge on any atom is 0.254 e. The number of fused-ring (bicyclic) bond motifs is 4. The zero-order chi connectivity index (χ0) is 27.6. The monoisotopic (exact) mass is 556 g/mol. The molecule has 0 spiro atoms. The molecule has 0 saturated carbocycles. The fraction of sp³-hybridized carbons (Fsp3) is 0.344. The molecule has 2 aromatic heterocycles. The molecule has 1 amide bonds. The largest absolute Gasteiger partial charge is 0.368 e. The van der Waals surface area contributed by atoms with Crippen LogP contribution in [0.4, 0.5) is 0 Å². The molecule has 2 atom stereocenters. The minimum Gasteiger partial charge on any atom is -0.368 e. The minimum atomic E-state index is -0.754. The number of aliphatic hydroxyl groups is 1. The van der Waals surface area contributed by atoms with E-state index in [1.807, 2.05) is 41.3 Å². The van der Waals surface area contributed by atoms with Crippen LogP contribution in [0.2, 0.25) is 0 Å². The van der Waals surface area contributed by atoms with Crippen LogP contribution >= 0.6 is 11.6 Å². The number of para-hydroxylation sites is 1. The highest BCUT2D eigenvalue weighted by Gasteiger charge is 2.25. The number of nitrogens with one attached hydrogen (secondary N) is 1. The van der Waals surface area contributed by atoms with Gasteiger partial charge < -0.3 is 19.7 Å². The number of methoxy groups -OCH3 is 1. The number of aromatic amines is 1. The number of aryl methyl sites for hydroxylation is 1. The van der Waals surface area contributed by atoms with E-state index in [2.05, 4.69) is 29.3 Å². The number of H-pyrrole nitrogens is 1. The summed E-state index contributed by atoms with van der Waals surface area (Å²) in [7, 11) is 1.51. The second-order valence-corrected chi connectivity index (χ2v) is 11.1. The summed E-state index contributed by atoms with van der Waals surface area (Å²) in [6.45, 7) is 1.24. The van der Waals surface area contributed by atoms with Crippen molar-refractivity contribution in [1.82, 2.24) is 19.9 Å². The van der Waals surface area contributed by atoms with Gasteiger partial charge >= 0.3 is 0 Å². The van der Waals surface area contributed by atoms with Crippen LogP contribution in [0.1, 0.15) is 58.7 Å². The van der Waals surface area contributed by atoms with Crippen LogP contribution < -0.4 is 0 Å². The summed E-state index contributed by atoms with van der Waals surface area (Å²) in [5.41, 5.74) is 8.36. The minimum absolute atomic E-state index is 0.00161. The molecule has 4 aromatic rings. The summed E-state index contributed by atoms with van der Waals surface area (Å²) in [5.74, 6) is -0.00161. The topological polar surface area (TPSA) is 91.3 Å². The van der Waals surface area contributed by atoms with E-state index in [4.69, 9.17) is 26.3 Å². The Morgan fingerprint density at radius 2 is 2.08 bits per heavy atom. The number of unbranched alkanes of at least 4 members (excludes halogenated alkanes) is 1. The number of hydrogen-bond donors (Lipinski definition) is 2. The molecule has 1 aliphatic heterocycles. The summed E-state index contributed by atoms with van der Waals surface area (Å²) >= 11 is 6.27. The molecule has 1 aliphatic carbocycles. The Hall–Kier alpha value is -3.52. The molecule has 0 bridgehead atoms. The quantitative estimate of drug-likeness (QED) is 0.159. The summed E-state index contributed by atoms with van der Waals surface area (Å²) < 4.78 is 4.97. The van der Waals surface area contributed by atoms with Crippen LogP contribution in [0.3, 0.4) is 0 Å². The van der Waals surface area contributed by atoms with Crippen LogP contribution in [0.25, 0.3) is 27.5 Å². The van der Waals surface area contributed by atoms with Crippen molar-refractivity contribution >= 4 is 45.0 Å². The summed E-state index contributed by atoms with van der Waals surface area (Å²) in [6.07, 6.45) is 9.84. The lowest BCUT2D eigenvalue weighted by Crippen LogP contribution is -2.35. The van der Waals surface area contributed by atoms with Crippen LogP contribution in [0.15, 0.2) is 60.7 Å². The molecule has 206 valence electrons. The van der Waals surface area contributed by atoms with Gasteiger partial charge in [0.2, 0.25) is 0 Å². The van der Waals surface area contributed by atoms with Gasteiger partial charge in [0.15, 0.2) is 6.29 Å². The molecule has 3 heterocycles. The highest BCUT2D eigenvalue weighted by Crippen LogP contribution is 2.30. The van der Waals surface area contributed by atoms with Crippen molar-refractivity contribution in [3.05, 3.63) is 88.9 Å². The fourth-order valence-electron chi connectivity index (χ4n) is 5.68. The number of hydrogen-bond acceptors (Lipinski definition) is 5. The maximum absolute atomic E-state index is 13.6. The van der Waals surface area contributed by atoms with Crippen LogP contribution in [-0.4, -0.2) is 56.2 Å². The second-order valence-electron chi connectivity index (χ2n) is 10.5. The van der Waals surface area contributed by atoms with Gasteiger partial charge in [-0.3, -0.25) is 4.79 Å². The summed E-state index contributed by atoms with van der Waals surface area (Å²) in [6, 6.07) is 13.9. The predicted octanol–water partition coefficient (Wildman–Crippen LogP) is 5.94. The lowest BCUT2D eigenvalue weighted by atomic mass is 9.99. The molecule has 2 N–H and O–H groups in total. The second kappa shape index (κ2) is 11.5. The zero-order valence-electron chi connectivity index (χ0n) is 22.6. The SMILES string of the molecule is COC(O)CCCCc1nc2cc(C(=O)N3CCc4c([nH]c5ccccc45)C3)ccc2nc1C1=CCC(Cl)C=C1. The Balaban J connectivity index is 1.27. The zero-order valence-corrected chi connectivity index (χ0v) is 23.3. The number of rotatable bonds is 8. The number of halogens is 1. The predicted molar refractivity (Wildman–Crippen MR) is 158 cm³/mol. The molecule has 6 rings (SSSR count). The number of ether oxygens (including phenoxy) is 1. The normalized spacial score (nSPS) is 17.7. The number of benzene rings is 2. The fourth-order valence-corrected chi connectivity index (χ4v) is 5.84. The third kappa shape index (κ3) is 5.42. The van der Waals surface area contributed by atoms with Crippen molar-refractivity contribution < 1.29 is 14.6 Å². The number of allylic oxidation sites excluding steroid dienone is 4. The number of aliphatic hydroxyl groups excluding tert-OH is 1. The molecule has 0 saturated heterocycles. The molecule has 2 unspecified atom stereocenters. The maximum atomic E-state index is 13.6. The summed E-state index contributed by atoms with van der Waals surface area (Å²) in [4.78, 5) is 29.0. The molecule has 2 aliphatic rings. The van der Waals surface area contributed by atoms with E-state index >= 15 is 0 Å². The third-order valence-electron chi connectivity index (χ3n) is 7.86. The average Bonchev–Trinajstić information content (AvgIpc) is 3.36. The van der Waals surface area contributed by atoms with Crippen LogP contribution in [-0.2, 0) is 24.1 Å². The van der Waals surface area contributed by atoms with Gasteiger partial charge in [-0.15, -0.1) is 11.6 Å². The first-order chi connectivity index (χ1) is 19.5. The van der Waals surface area contributed by atoms with E-state index in [-0.39, 0.29) is 11.3 Å². The molecular weight excluding hydrogens is 524 g/mol. The Morgan fingerprint density at radius 3 is 2.90 bits per heavy atom. The molecule has 2 aromatic carbocycles. The molecule has 0 radical (unpaired) electrons. The first kappa shape index (κ1) is 26.7. The number of carbonyl (C=O) groups is 1. The van der Waals surface area contributed by atoms with E-state index in [0.29, 0.717) is 37.0 Å². The van der Waals surface area contributed by atoms with E-state index in [1.54, 1.807) is 0 Å². The number of nitrogens with zero attached hydrogens (tertiary/aromatic N) is 3. The van der Waals surface area contributed by atoms with Crippen molar-refractivity contribution in [2.24, 2.45) is 0 Å². The average molecular weight is 557 g/mol. The van der Waals surface area contributed by atoms with Gasteiger partial charge in [-0.1, -0.05) is 36.4 Å². The molecule has 40 heavy (non-hydrogen) atoms. The lowest BCUT2D eigenvalue weighted by molar-refractivity contribution is -0.0792. The van der Waals surface area contributed by atoms with Gasteiger partial charge in [0, 0.05) is 35.8 Å². The van der Waals surface area contributed by atoms with Gasteiger partial charge in [-0.2, -0.15) is 0 Å². The Bertz CT molecular complexity index is 1630. The van der Waals surface area contributed by atoms with Gasteiger partial charge in [0.05, 0.1) is 34.3 Å². The van der Waals surface area contributed by atoms with Gasteiger partial charge in [0.25, 0.3) is 5.91 Å². The third-order valence-corrected chi connectivity index (χ3v) is 8.18. The van der Waals surface area contributed by atoms with Gasteiger partial charge in [0.1, 0.15) is 0 Å². The Kier molecular flexibility index (Phi) is 7.69. The van der Waals surface area contributed by atoms with Crippen LogP contribution in [0, 0.1) is 0 Å². The van der Waals surface area contributed by atoms with Gasteiger partial charge in [-0.05, 0) is 73.9 Å². The summed E-state index contributed by atoms with van der Waals surface area (Å²) in [5, 5.41) is 11.0. The van der Waals surface area contributed by atoms with E-state index in [0.717, 1.165) is 59.4 Å². The molecule has 8 heteroatoms. The molecular formula is C32H33ClN4O3.